The number of non-ortho nitro benzene ring substituents is 1. The van der Waals surface area contributed by atoms with Crippen LogP contribution in [-0.4, -0.2) is 17.9 Å². The van der Waals surface area contributed by atoms with Crippen LogP contribution in [0.3, 0.4) is 0 Å². The van der Waals surface area contributed by atoms with Gasteiger partial charge in [-0.15, -0.1) is 0 Å². The average molecular weight is 373 g/mol. The van der Waals surface area contributed by atoms with Crippen molar-refractivity contribution in [3.63, 3.8) is 0 Å². The maximum atomic E-state index is 12.2. The van der Waals surface area contributed by atoms with E-state index in [2.05, 4.69) is 10.6 Å². The Morgan fingerprint density at radius 3 is 2.58 bits per heavy atom. The predicted molar refractivity (Wildman–Crippen MR) is 97.0 cm³/mol. The van der Waals surface area contributed by atoms with Gasteiger partial charge in [-0.3, -0.25) is 14.9 Å². The van der Waals surface area contributed by atoms with Gasteiger partial charge in [0.25, 0.3) is 11.6 Å². The number of nitro groups is 1. The molecule has 0 aromatic heterocycles. The molecule has 0 heterocycles. The van der Waals surface area contributed by atoms with Crippen molar-refractivity contribution in [3.8, 4) is 11.8 Å². The van der Waals surface area contributed by atoms with E-state index in [-0.39, 0.29) is 17.0 Å². The lowest BCUT2D eigenvalue weighted by molar-refractivity contribution is -0.384. The molecule has 0 aliphatic carbocycles. The Morgan fingerprint density at radius 1 is 1.31 bits per heavy atom. The first-order chi connectivity index (χ1) is 12.4. The fraction of sp³-hybridized carbons (Fsp3) is 0.0588. The fourth-order valence-electron chi connectivity index (χ4n) is 1.94. The zero-order chi connectivity index (χ0) is 19.1. The first-order valence-electron chi connectivity index (χ1n) is 7.20. The molecule has 0 spiro atoms. The number of halogens is 1. The zero-order valence-corrected chi connectivity index (χ0v) is 14.3. The van der Waals surface area contributed by atoms with Crippen molar-refractivity contribution < 1.29 is 14.5 Å². The van der Waals surface area contributed by atoms with Crippen LogP contribution in [0.15, 0.2) is 54.2 Å². The maximum Gasteiger partial charge on any atom is 0.273 e. The van der Waals surface area contributed by atoms with Crippen LogP contribution in [0, 0.1) is 21.4 Å². The van der Waals surface area contributed by atoms with Gasteiger partial charge in [0.15, 0.2) is 0 Å². The van der Waals surface area contributed by atoms with E-state index in [1.165, 1.54) is 31.5 Å². The molecule has 0 saturated heterocycles. The summed E-state index contributed by atoms with van der Waals surface area (Å²) in [5, 5.41) is 25.8. The summed E-state index contributed by atoms with van der Waals surface area (Å²) in [6.07, 6.45) is 1.19. The third-order valence-electron chi connectivity index (χ3n) is 3.24. The van der Waals surface area contributed by atoms with Crippen LogP contribution in [0.2, 0.25) is 5.02 Å². The van der Waals surface area contributed by atoms with Crippen molar-refractivity contribution >= 4 is 34.6 Å². The van der Waals surface area contributed by atoms with Gasteiger partial charge in [0, 0.05) is 23.0 Å². The highest BCUT2D eigenvalue weighted by molar-refractivity contribution is 6.30. The molecule has 0 fully saturated rings. The number of ether oxygens (including phenoxy) is 1. The number of hydrogen-bond donors (Lipinski definition) is 2. The third kappa shape index (κ3) is 4.72. The number of amides is 1. The molecule has 0 aliphatic heterocycles. The molecule has 26 heavy (non-hydrogen) atoms. The first kappa shape index (κ1) is 18.8. The number of carbonyl (C=O) groups is 1. The van der Waals surface area contributed by atoms with Gasteiger partial charge < -0.3 is 15.4 Å². The molecule has 2 rings (SSSR count). The summed E-state index contributed by atoms with van der Waals surface area (Å²) in [5.41, 5.74) is 0.510. The zero-order valence-electron chi connectivity index (χ0n) is 13.5. The Balaban J connectivity index is 2.16. The molecule has 2 aromatic carbocycles. The predicted octanol–water partition coefficient (Wildman–Crippen LogP) is 3.71. The number of nitrogens with zero attached hydrogens (tertiary/aromatic N) is 2. The van der Waals surface area contributed by atoms with Gasteiger partial charge in [-0.2, -0.15) is 5.26 Å². The summed E-state index contributed by atoms with van der Waals surface area (Å²) in [6.45, 7) is 0. The fourth-order valence-corrected chi connectivity index (χ4v) is 2.07. The molecule has 8 nitrogen and oxygen atoms in total. The van der Waals surface area contributed by atoms with Crippen molar-refractivity contribution in [1.82, 2.24) is 0 Å². The van der Waals surface area contributed by atoms with Crippen LogP contribution in [0.4, 0.5) is 17.1 Å². The largest absolute Gasteiger partial charge is 0.494 e. The van der Waals surface area contributed by atoms with Crippen LogP contribution in [0.25, 0.3) is 0 Å². The van der Waals surface area contributed by atoms with Gasteiger partial charge in [-0.1, -0.05) is 11.6 Å². The molecule has 9 heteroatoms. The second-order valence-electron chi connectivity index (χ2n) is 4.92. The van der Waals surface area contributed by atoms with E-state index in [1.54, 1.807) is 30.3 Å². The first-order valence-corrected chi connectivity index (χ1v) is 7.58. The number of anilines is 2. The Labute approximate surface area is 153 Å². The Morgan fingerprint density at radius 2 is 2.00 bits per heavy atom. The number of nitro benzene ring substituents is 1. The highest BCUT2D eigenvalue weighted by Crippen LogP contribution is 2.29. The second-order valence-corrected chi connectivity index (χ2v) is 5.35. The standard InChI is InChI=1S/C17H13ClN4O4/c1-26-16-8-14(22(24)25)6-7-15(16)20-10-11(9-19)17(23)21-13-4-2-12(18)3-5-13/h2-8,10,20H,1H3,(H,21,23)/b11-10-. The van der Waals surface area contributed by atoms with Crippen LogP contribution >= 0.6 is 11.6 Å². The van der Waals surface area contributed by atoms with Gasteiger partial charge in [0.1, 0.15) is 17.4 Å². The summed E-state index contributed by atoms with van der Waals surface area (Å²) in [4.78, 5) is 22.4. The van der Waals surface area contributed by atoms with E-state index in [1.807, 2.05) is 0 Å². The molecule has 0 aliphatic rings. The SMILES string of the molecule is COc1cc([N+](=O)[O-])ccc1N/C=C(/C#N)C(=O)Nc1ccc(Cl)cc1. The number of benzene rings is 2. The molecule has 0 unspecified atom stereocenters. The third-order valence-corrected chi connectivity index (χ3v) is 3.49. The van der Waals surface area contributed by atoms with Gasteiger partial charge >= 0.3 is 0 Å². The molecule has 2 N–H and O–H groups in total. The van der Waals surface area contributed by atoms with E-state index in [0.717, 1.165) is 0 Å². The van der Waals surface area contributed by atoms with Crippen molar-refractivity contribution in [2.24, 2.45) is 0 Å². The summed E-state index contributed by atoms with van der Waals surface area (Å²) in [5.74, 6) is -0.422. The van der Waals surface area contributed by atoms with Gasteiger partial charge in [-0.25, -0.2) is 0 Å². The van der Waals surface area contributed by atoms with E-state index >= 15 is 0 Å². The lowest BCUT2D eigenvalue weighted by atomic mass is 10.2. The minimum Gasteiger partial charge on any atom is -0.494 e. The molecule has 0 atom stereocenters. The molecule has 132 valence electrons. The Hall–Kier alpha value is -3.57. The van der Waals surface area contributed by atoms with E-state index in [0.29, 0.717) is 16.4 Å². The molecule has 2 aromatic rings. The van der Waals surface area contributed by atoms with E-state index < -0.39 is 10.8 Å². The molecule has 0 bridgehead atoms. The lowest BCUT2D eigenvalue weighted by Gasteiger charge is -2.09. The highest BCUT2D eigenvalue weighted by Gasteiger charge is 2.13. The number of methoxy groups -OCH3 is 1. The maximum absolute atomic E-state index is 12.2. The van der Waals surface area contributed by atoms with Crippen molar-refractivity contribution in [2.45, 2.75) is 0 Å². The average Bonchev–Trinajstić information content (AvgIpc) is 2.64. The van der Waals surface area contributed by atoms with Gasteiger partial charge in [0.2, 0.25) is 0 Å². The summed E-state index contributed by atoms with van der Waals surface area (Å²) in [7, 11) is 1.35. The quantitative estimate of drug-likeness (QED) is 0.345. The number of carbonyl (C=O) groups excluding carboxylic acids is 1. The van der Waals surface area contributed by atoms with Crippen LogP contribution in [0.5, 0.6) is 5.75 Å². The van der Waals surface area contributed by atoms with Crippen LogP contribution in [0.1, 0.15) is 0 Å². The summed E-state index contributed by atoms with van der Waals surface area (Å²) >= 11 is 5.77. The molecular formula is C17H13ClN4O4. The monoisotopic (exact) mass is 372 g/mol. The number of nitrogens with one attached hydrogen (secondary N) is 2. The smallest absolute Gasteiger partial charge is 0.273 e. The second kappa shape index (κ2) is 8.50. The minimum absolute atomic E-state index is 0.141. The Bertz CT molecular complexity index is 904. The summed E-state index contributed by atoms with van der Waals surface area (Å²) in [6, 6.07) is 12.1. The van der Waals surface area contributed by atoms with E-state index in [9.17, 15) is 20.2 Å². The van der Waals surface area contributed by atoms with Crippen LogP contribution in [-0.2, 0) is 4.79 Å². The lowest BCUT2D eigenvalue weighted by Crippen LogP contribution is -2.14. The molecular weight excluding hydrogens is 360 g/mol. The number of hydrogen-bond acceptors (Lipinski definition) is 6. The molecule has 0 radical (unpaired) electrons. The van der Waals surface area contributed by atoms with Crippen LogP contribution < -0.4 is 15.4 Å². The number of nitriles is 1. The minimum atomic E-state index is -0.622. The van der Waals surface area contributed by atoms with E-state index in [4.69, 9.17) is 16.3 Å². The van der Waals surface area contributed by atoms with Crippen molar-refractivity contribution in [3.05, 3.63) is 69.4 Å². The normalized spacial score (nSPS) is 10.6. The molecule has 1 amide bonds. The summed E-state index contributed by atoms with van der Waals surface area (Å²) < 4.78 is 5.08. The Kier molecular flexibility index (Phi) is 6.14. The number of rotatable bonds is 6. The highest BCUT2D eigenvalue weighted by atomic mass is 35.5. The van der Waals surface area contributed by atoms with Crippen molar-refractivity contribution in [1.29, 1.82) is 5.26 Å². The topological polar surface area (TPSA) is 117 Å². The van der Waals surface area contributed by atoms with Gasteiger partial charge in [0.05, 0.1) is 23.8 Å². The molecule has 0 saturated carbocycles. The van der Waals surface area contributed by atoms with Crippen molar-refractivity contribution in [2.75, 3.05) is 17.7 Å². The van der Waals surface area contributed by atoms with Gasteiger partial charge in [-0.05, 0) is 30.3 Å².